The molecule has 2 aromatic carbocycles. The molecule has 3 aromatic rings. The average molecular weight is 366 g/mol. The molecule has 0 radical (unpaired) electrons. The highest BCUT2D eigenvalue weighted by atomic mass is 16.5. The lowest BCUT2D eigenvalue weighted by atomic mass is 10.1. The SMILES string of the molecule is CCOC(=O)c1ccccc1NC(=O)Cc1c(C(=O)O)[nH]c2ccccc12. The predicted molar refractivity (Wildman–Crippen MR) is 100.0 cm³/mol. The molecule has 0 aliphatic carbocycles. The minimum absolute atomic E-state index is 0.0231. The number of ether oxygens (including phenoxy) is 1. The van der Waals surface area contributed by atoms with Gasteiger partial charge in [-0.05, 0) is 25.1 Å². The van der Waals surface area contributed by atoms with Crippen LogP contribution in [0.15, 0.2) is 48.5 Å². The van der Waals surface area contributed by atoms with Crippen molar-refractivity contribution in [3.05, 3.63) is 65.4 Å². The number of carbonyl (C=O) groups is 3. The van der Waals surface area contributed by atoms with Crippen molar-refractivity contribution < 1.29 is 24.2 Å². The summed E-state index contributed by atoms with van der Waals surface area (Å²) < 4.78 is 4.99. The molecular formula is C20H18N2O5. The van der Waals surface area contributed by atoms with E-state index in [0.717, 1.165) is 0 Å². The van der Waals surface area contributed by atoms with Gasteiger partial charge < -0.3 is 20.1 Å². The number of esters is 1. The maximum Gasteiger partial charge on any atom is 0.352 e. The van der Waals surface area contributed by atoms with E-state index in [0.29, 0.717) is 22.2 Å². The molecule has 27 heavy (non-hydrogen) atoms. The van der Waals surface area contributed by atoms with Crippen molar-refractivity contribution in [2.45, 2.75) is 13.3 Å². The second-order valence-electron chi connectivity index (χ2n) is 5.82. The Kier molecular flexibility index (Phi) is 5.21. The van der Waals surface area contributed by atoms with Crippen LogP contribution in [0.3, 0.4) is 0 Å². The standard InChI is InChI=1S/C20H18N2O5/c1-2-27-20(26)13-8-4-6-10-16(13)21-17(23)11-14-12-7-3-5-9-15(12)22-18(14)19(24)25/h3-10,22H,2,11H2,1H3,(H,21,23)(H,24,25). The van der Waals surface area contributed by atoms with E-state index >= 15 is 0 Å². The van der Waals surface area contributed by atoms with Crippen LogP contribution >= 0.6 is 0 Å². The number of nitrogens with one attached hydrogen (secondary N) is 2. The predicted octanol–water partition coefficient (Wildman–Crippen LogP) is 3.22. The Morgan fingerprint density at radius 3 is 2.52 bits per heavy atom. The van der Waals surface area contributed by atoms with E-state index < -0.39 is 17.8 Å². The zero-order chi connectivity index (χ0) is 19.4. The van der Waals surface area contributed by atoms with E-state index in [-0.39, 0.29) is 24.3 Å². The van der Waals surface area contributed by atoms with E-state index in [2.05, 4.69) is 10.3 Å². The van der Waals surface area contributed by atoms with E-state index in [1.807, 2.05) is 0 Å². The van der Waals surface area contributed by atoms with Gasteiger partial charge >= 0.3 is 11.9 Å². The van der Waals surface area contributed by atoms with Crippen LogP contribution in [0.25, 0.3) is 10.9 Å². The lowest BCUT2D eigenvalue weighted by Crippen LogP contribution is -2.18. The van der Waals surface area contributed by atoms with Crippen LogP contribution in [-0.2, 0) is 16.0 Å². The van der Waals surface area contributed by atoms with Gasteiger partial charge in [-0.15, -0.1) is 0 Å². The summed E-state index contributed by atoms with van der Waals surface area (Å²) in [5.41, 5.74) is 1.57. The van der Waals surface area contributed by atoms with Crippen molar-refractivity contribution in [3.8, 4) is 0 Å². The molecule has 0 fully saturated rings. The maximum atomic E-state index is 12.6. The van der Waals surface area contributed by atoms with Gasteiger partial charge in [-0.2, -0.15) is 0 Å². The van der Waals surface area contributed by atoms with Gasteiger partial charge in [0.25, 0.3) is 0 Å². The monoisotopic (exact) mass is 366 g/mol. The summed E-state index contributed by atoms with van der Waals surface area (Å²) in [6, 6.07) is 13.6. The van der Waals surface area contributed by atoms with Crippen LogP contribution in [-0.4, -0.2) is 34.5 Å². The van der Waals surface area contributed by atoms with Gasteiger partial charge in [0.1, 0.15) is 5.69 Å². The molecule has 1 aromatic heterocycles. The van der Waals surface area contributed by atoms with Crippen LogP contribution in [0.2, 0.25) is 0 Å². The number of aromatic carboxylic acids is 1. The summed E-state index contributed by atoms with van der Waals surface area (Å²) in [5.74, 6) is -2.10. The molecule has 3 rings (SSSR count). The average Bonchev–Trinajstić information content (AvgIpc) is 3.01. The Bertz CT molecular complexity index is 1020. The first-order valence-corrected chi connectivity index (χ1v) is 8.40. The minimum atomic E-state index is -1.14. The second-order valence-corrected chi connectivity index (χ2v) is 5.82. The molecule has 0 aliphatic heterocycles. The molecule has 7 heteroatoms. The summed E-state index contributed by atoms with van der Waals surface area (Å²) in [4.78, 5) is 38.9. The van der Waals surface area contributed by atoms with E-state index in [1.54, 1.807) is 55.5 Å². The van der Waals surface area contributed by atoms with Gasteiger partial charge in [0.2, 0.25) is 5.91 Å². The van der Waals surface area contributed by atoms with Crippen LogP contribution in [0.5, 0.6) is 0 Å². The third-order valence-corrected chi connectivity index (χ3v) is 4.06. The third kappa shape index (κ3) is 3.82. The van der Waals surface area contributed by atoms with E-state index in [4.69, 9.17) is 4.74 Å². The first kappa shape index (κ1) is 18.2. The normalized spacial score (nSPS) is 10.6. The van der Waals surface area contributed by atoms with Crippen molar-refractivity contribution in [1.82, 2.24) is 4.98 Å². The van der Waals surface area contributed by atoms with Gasteiger partial charge in [-0.1, -0.05) is 30.3 Å². The summed E-state index contributed by atoms with van der Waals surface area (Å²) in [5, 5.41) is 12.8. The molecule has 0 unspecified atom stereocenters. The Balaban J connectivity index is 1.88. The van der Waals surface area contributed by atoms with Crippen molar-refractivity contribution in [2.24, 2.45) is 0 Å². The topological polar surface area (TPSA) is 108 Å². The Morgan fingerprint density at radius 1 is 1.07 bits per heavy atom. The molecular weight excluding hydrogens is 348 g/mol. The number of carboxylic acid groups (broad SMARTS) is 1. The molecule has 0 spiro atoms. The fourth-order valence-corrected chi connectivity index (χ4v) is 2.90. The van der Waals surface area contributed by atoms with Crippen molar-refractivity contribution >= 4 is 34.4 Å². The molecule has 0 aliphatic rings. The van der Waals surface area contributed by atoms with Gasteiger partial charge in [0.05, 0.1) is 24.3 Å². The molecule has 3 N–H and O–H groups in total. The Labute approximate surface area is 155 Å². The largest absolute Gasteiger partial charge is 0.477 e. The minimum Gasteiger partial charge on any atom is -0.477 e. The van der Waals surface area contributed by atoms with Crippen LogP contribution < -0.4 is 5.32 Å². The molecule has 1 heterocycles. The number of aromatic amines is 1. The highest BCUT2D eigenvalue weighted by molar-refractivity contribution is 6.05. The van der Waals surface area contributed by atoms with Gasteiger partial charge in [-0.3, -0.25) is 4.79 Å². The molecule has 0 atom stereocenters. The summed E-state index contributed by atoms with van der Waals surface area (Å²) >= 11 is 0. The molecule has 138 valence electrons. The fraction of sp³-hybridized carbons (Fsp3) is 0.150. The Hall–Kier alpha value is -3.61. The lowest BCUT2D eigenvalue weighted by Gasteiger charge is -2.10. The van der Waals surface area contributed by atoms with Crippen molar-refractivity contribution in [3.63, 3.8) is 0 Å². The number of rotatable bonds is 6. The van der Waals surface area contributed by atoms with Crippen LogP contribution in [0.4, 0.5) is 5.69 Å². The van der Waals surface area contributed by atoms with Crippen LogP contribution in [0, 0.1) is 0 Å². The number of hydrogen-bond acceptors (Lipinski definition) is 4. The van der Waals surface area contributed by atoms with Gasteiger partial charge in [0.15, 0.2) is 0 Å². The number of carboxylic acids is 1. The van der Waals surface area contributed by atoms with Crippen molar-refractivity contribution in [1.29, 1.82) is 0 Å². The lowest BCUT2D eigenvalue weighted by molar-refractivity contribution is -0.115. The summed E-state index contributed by atoms with van der Waals surface area (Å²) in [6.07, 6.45) is -0.150. The van der Waals surface area contributed by atoms with Crippen molar-refractivity contribution in [2.75, 3.05) is 11.9 Å². The van der Waals surface area contributed by atoms with Gasteiger partial charge in [0, 0.05) is 16.5 Å². The molecule has 1 amide bonds. The number of H-pyrrole nitrogens is 1. The highest BCUT2D eigenvalue weighted by Gasteiger charge is 2.20. The molecule has 7 nitrogen and oxygen atoms in total. The molecule has 0 saturated carbocycles. The summed E-state index contributed by atoms with van der Waals surface area (Å²) in [7, 11) is 0. The van der Waals surface area contributed by atoms with E-state index in [1.165, 1.54) is 0 Å². The van der Waals surface area contributed by atoms with Gasteiger partial charge in [-0.25, -0.2) is 9.59 Å². The first-order chi connectivity index (χ1) is 13.0. The number of para-hydroxylation sites is 2. The number of aromatic nitrogens is 1. The number of fused-ring (bicyclic) bond motifs is 1. The number of carbonyl (C=O) groups excluding carboxylic acids is 2. The first-order valence-electron chi connectivity index (χ1n) is 8.40. The molecule has 0 bridgehead atoms. The van der Waals surface area contributed by atoms with Crippen LogP contribution in [0.1, 0.15) is 33.3 Å². The Morgan fingerprint density at radius 2 is 1.78 bits per heavy atom. The quantitative estimate of drug-likeness (QED) is 0.581. The fourth-order valence-electron chi connectivity index (χ4n) is 2.90. The zero-order valence-corrected chi connectivity index (χ0v) is 14.6. The number of benzene rings is 2. The highest BCUT2D eigenvalue weighted by Crippen LogP contribution is 2.24. The smallest absolute Gasteiger partial charge is 0.352 e. The third-order valence-electron chi connectivity index (χ3n) is 4.06. The second kappa shape index (κ2) is 7.74. The number of anilines is 1. The maximum absolute atomic E-state index is 12.6. The number of amides is 1. The van der Waals surface area contributed by atoms with E-state index in [9.17, 15) is 19.5 Å². The number of hydrogen-bond donors (Lipinski definition) is 3. The molecule has 0 saturated heterocycles. The zero-order valence-electron chi connectivity index (χ0n) is 14.6. The summed E-state index contributed by atoms with van der Waals surface area (Å²) in [6.45, 7) is 1.92.